The molecule has 0 bridgehead atoms. The Kier molecular flexibility index (Phi) is 5.45. The maximum absolute atomic E-state index is 12.0. The third-order valence-electron chi connectivity index (χ3n) is 3.09. The van der Waals surface area contributed by atoms with E-state index in [4.69, 9.17) is 0 Å². The van der Waals surface area contributed by atoms with Gasteiger partial charge in [0.1, 0.15) is 0 Å². The monoisotopic (exact) mass is 260 g/mol. The lowest BCUT2D eigenvalue weighted by Crippen LogP contribution is -2.50. The van der Waals surface area contributed by atoms with Gasteiger partial charge in [0.2, 0.25) is 0 Å². The minimum absolute atomic E-state index is 0.235. The second-order valence-corrected chi connectivity index (χ2v) is 4.52. The van der Waals surface area contributed by atoms with Crippen LogP contribution in [0.2, 0.25) is 0 Å². The Morgan fingerprint density at radius 1 is 1.42 bits per heavy atom. The van der Waals surface area contributed by atoms with E-state index in [1.165, 1.54) is 0 Å². The van der Waals surface area contributed by atoms with Crippen molar-refractivity contribution in [3.05, 3.63) is 55.4 Å². The number of rotatable bonds is 7. The highest BCUT2D eigenvalue weighted by Crippen LogP contribution is 2.21. The summed E-state index contributed by atoms with van der Waals surface area (Å²) >= 11 is 0. The van der Waals surface area contributed by atoms with Crippen LogP contribution in [-0.4, -0.2) is 27.6 Å². The van der Waals surface area contributed by atoms with Crippen LogP contribution in [0.1, 0.15) is 30.1 Å². The summed E-state index contributed by atoms with van der Waals surface area (Å²) in [5, 5.41) is 13.3. The highest BCUT2D eigenvalue weighted by molar-refractivity contribution is 5.94. The quantitative estimate of drug-likeness (QED) is 0.738. The maximum atomic E-state index is 12.0. The SMILES string of the molecule is C=CCC(O)(CC=C)C(C)NC(=O)c1ccncc1. The molecule has 1 heterocycles. The summed E-state index contributed by atoms with van der Waals surface area (Å²) in [6.07, 6.45) is 7.16. The third-order valence-corrected chi connectivity index (χ3v) is 3.09. The molecule has 2 N–H and O–H groups in total. The summed E-state index contributed by atoms with van der Waals surface area (Å²) in [5.41, 5.74) is -0.548. The van der Waals surface area contributed by atoms with E-state index >= 15 is 0 Å². The smallest absolute Gasteiger partial charge is 0.251 e. The van der Waals surface area contributed by atoms with E-state index in [0.29, 0.717) is 18.4 Å². The van der Waals surface area contributed by atoms with Crippen molar-refractivity contribution in [1.82, 2.24) is 10.3 Å². The molecule has 0 aliphatic heterocycles. The lowest BCUT2D eigenvalue weighted by molar-refractivity contribution is 0.0127. The maximum Gasteiger partial charge on any atom is 0.251 e. The molecule has 0 radical (unpaired) electrons. The van der Waals surface area contributed by atoms with E-state index in [2.05, 4.69) is 23.5 Å². The number of aromatic nitrogens is 1. The normalized spacial score (nSPS) is 12.5. The van der Waals surface area contributed by atoms with E-state index in [-0.39, 0.29) is 5.91 Å². The van der Waals surface area contributed by atoms with Gasteiger partial charge in [-0.25, -0.2) is 0 Å². The average molecular weight is 260 g/mol. The minimum Gasteiger partial charge on any atom is -0.387 e. The molecule has 1 atom stereocenters. The van der Waals surface area contributed by atoms with E-state index < -0.39 is 11.6 Å². The van der Waals surface area contributed by atoms with Gasteiger partial charge in [-0.1, -0.05) is 12.2 Å². The first-order chi connectivity index (χ1) is 9.03. The molecule has 19 heavy (non-hydrogen) atoms. The van der Waals surface area contributed by atoms with Crippen LogP contribution in [0.15, 0.2) is 49.8 Å². The van der Waals surface area contributed by atoms with E-state index in [1.807, 2.05) is 0 Å². The van der Waals surface area contributed by atoms with Gasteiger partial charge in [0.15, 0.2) is 0 Å². The molecule has 0 aromatic carbocycles. The Bertz CT molecular complexity index is 433. The van der Waals surface area contributed by atoms with Gasteiger partial charge in [-0.05, 0) is 31.9 Å². The fourth-order valence-electron chi connectivity index (χ4n) is 1.85. The molecular formula is C15H20N2O2. The van der Waals surface area contributed by atoms with Crippen molar-refractivity contribution in [2.75, 3.05) is 0 Å². The first-order valence-corrected chi connectivity index (χ1v) is 6.18. The summed E-state index contributed by atoms with van der Waals surface area (Å²) in [7, 11) is 0. The summed E-state index contributed by atoms with van der Waals surface area (Å²) in [4.78, 5) is 15.9. The van der Waals surface area contributed by atoms with Gasteiger partial charge >= 0.3 is 0 Å². The highest BCUT2D eigenvalue weighted by Gasteiger charge is 2.32. The Hall–Kier alpha value is -1.94. The zero-order valence-electron chi connectivity index (χ0n) is 11.2. The van der Waals surface area contributed by atoms with Crippen LogP contribution in [0.5, 0.6) is 0 Å². The van der Waals surface area contributed by atoms with Crippen LogP contribution in [0, 0.1) is 0 Å². The van der Waals surface area contributed by atoms with Crippen molar-refractivity contribution in [3.8, 4) is 0 Å². The molecule has 0 saturated carbocycles. The predicted molar refractivity (Wildman–Crippen MR) is 75.7 cm³/mol. The molecular weight excluding hydrogens is 240 g/mol. The number of carbonyl (C=O) groups excluding carboxylic acids is 1. The van der Waals surface area contributed by atoms with Crippen LogP contribution < -0.4 is 5.32 Å². The molecule has 0 fully saturated rings. The largest absolute Gasteiger partial charge is 0.387 e. The van der Waals surface area contributed by atoms with Gasteiger partial charge in [-0.15, -0.1) is 13.2 Å². The molecule has 1 aromatic rings. The number of amides is 1. The van der Waals surface area contributed by atoms with E-state index in [0.717, 1.165) is 0 Å². The highest BCUT2D eigenvalue weighted by atomic mass is 16.3. The fourth-order valence-corrected chi connectivity index (χ4v) is 1.85. The lowest BCUT2D eigenvalue weighted by Gasteiger charge is -2.33. The summed E-state index contributed by atoms with van der Waals surface area (Å²) in [5.74, 6) is -0.235. The molecule has 4 heteroatoms. The zero-order valence-corrected chi connectivity index (χ0v) is 11.2. The number of carbonyl (C=O) groups is 1. The molecule has 0 spiro atoms. The molecule has 1 rings (SSSR count). The first kappa shape index (κ1) is 15.1. The Labute approximate surface area is 113 Å². The average Bonchev–Trinajstić information content (AvgIpc) is 2.40. The second kappa shape index (κ2) is 6.85. The molecule has 0 aliphatic rings. The number of nitrogens with one attached hydrogen (secondary N) is 1. The van der Waals surface area contributed by atoms with E-state index in [1.54, 1.807) is 43.6 Å². The molecule has 1 amide bonds. The molecule has 4 nitrogen and oxygen atoms in total. The summed E-state index contributed by atoms with van der Waals surface area (Å²) in [6, 6.07) is 2.84. The van der Waals surface area contributed by atoms with Gasteiger partial charge < -0.3 is 10.4 Å². The van der Waals surface area contributed by atoms with Gasteiger partial charge in [0, 0.05) is 18.0 Å². The predicted octanol–water partition coefficient (Wildman–Crippen LogP) is 2.08. The molecule has 0 aliphatic carbocycles. The van der Waals surface area contributed by atoms with Crippen molar-refractivity contribution in [3.63, 3.8) is 0 Å². The standard InChI is InChI=1S/C15H20N2O2/c1-4-8-15(19,9-5-2)12(3)17-14(18)13-6-10-16-11-7-13/h4-7,10-12,19H,1-2,8-9H2,3H3,(H,17,18). The van der Waals surface area contributed by atoms with Crippen molar-refractivity contribution in [2.45, 2.75) is 31.4 Å². The van der Waals surface area contributed by atoms with Crippen LogP contribution >= 0.6 is 0 Å². The van der Waals surface area contributed by atoms with Crippen molar-refractivity contribution in [2.24, 2.45) is 0 Å². The summed E-state index contributed by atoms with van der Waals surface area (Å²) < 4.78 is 0. The van der Waals surface area contributed by atoms with Crippen LogP contribution in [0.3, 0.4) is 0 Å². The lowest BCUT2D eigenvalue weighted by atomic mass is 9.88. The van der Waals surface area contributed by atoms with Gasteiger partial charge in [0.25, 0.3) is 5.91 Å². The van der Waals surface area contributed by atoms with Crippen LogP contribution in [0.4, 0.5) is 0 Å². The first-order valence-electron chi connectivity index (χ1n) is 6.18. The Morgan fingerprint density at radius 3 is 2.42 bits per heavy atom. The van der Waals surface area contributed by atoms with Gasteiger partial charge in [-0.2, -0.15) is 0 Å². The van der Waals surface area contributed by atoms with Gasteiger partial charge in [0.05, 0.1) is 11.6 Å². The zero-order chi connectivity index (χ0) is 14.3. The van der Waals surface area contributed by atoms with Crippen LogP contribution in [0.25, 0.3) is 0 Å². The number of pyridine rings is 1. The van der Waals surface area contributed by atoms with Crippen molar-refractivity contribution in [1.29, 1.82) is 0 Å². The molecule has 0 saturated heterocycles. The van der Waals surface area contributed by atoms with Crippen molar-refractivity contribution >= 4 is 5.91 Å². The van der Waals surface area contributed by atoms with Gasteiger partial charge in [-0.3, -0.25) is 9.78 Å². The van der Waals surface area contributed by atoms with Crippen molar-refractivity contribution < 1.29 is 9.90 Å². The number of hydrogen-bond acceptors (Lipinski definition) is 3. The minimum atomic E-state index is -1.06. The fraction of sp³-hybridized carbons (Fsp3) is 0.333. The van der Waals surface area contributed by atoms with Crippen LogP contribution in [-0.2, 0) is 0 Å². The summed E-state index contributed by atoms with van der Waals surface area (Å²) in [6.45, 7) is 9.03. The van der Waals surface area contributed by atoms with E-state index in [9.17, 15) is 9.90 Å². The Morgan fingerprint density at radius 2 is 1.95 bits per heavy atom. The number of hydrogen-bond donors (Lipinski definition) is 2. The molecule has 1 aromatic heterocycles. The number of aliphatic hydroxyl groups is 1. The molecule has 1 unspecified atom stereocenters. The second-order valence-electron chi connectivity index (χ2n) is 4.52. The number of nitrogens with zero attached hydrogens (tertiary/aromatic N) is 1. The third kappa shape index (κ3) is 4.03. The molecule has 102 valence electrons. The topological polar surface area (TPSA) is 62.2 Å². The Balaban J connectivity index is 2.76.